The van der Waals surface area contributed by atoms with Crippen molar-refractivity contribution in [3.63, 3.8) is 0 Å². The zero-order valence-corrected chi connectivity index (χ0v) is 12.4. The molecule has 0 aliphatic heterocycles. The van der Waals surface area contributed by atoms with Crippen molar-refractivity contribution in [1.82, 2.24) is 5.32 Å². The zero-order chi connectivity index (χ0) is 15.9. The van der Waals surface area contributed by atoms with E-state index in [4.69, 9.17) is 4.74 Å². The van der Waals surface area contributed by atoms with Crippen molar-refractivity contribution in [2.75, 3.05) is 13.2 Å². The third kappa shape index (κ3) is 4.19. The summed E-state index contributed by atoms with van der Waals surface area (Å²) in [4.78, 5) is 0. The van der Waals surface area contributed by atoms with Crippen molar-refractivity contribution in [3.8, 4) is 11.5 Å². The number of hydrogen-bond acceptors (Lipinski definition) is 4. The van der Waals surface area contributed by atoms with Gasteiger partial charge in [0.1, 0.15) is 5.82 Å². The van der Waals surface area contributed by atoms with Crippen molar-refractivity contribution in [1.29, 1.82) is 0 Å². The van der Waals surface area contributed by atoms with Crippen molar-refractivity contribution >= 4 is 0 Å². The summed E-state index contributed by atoms with van der Waals surface area (Å²) in [5.74, 6) is 0.218. The summed E-state index contributed by atoms with van der Waals surface area (Å²) in [6.07, 6.45) is -0.738. The van der Waals surface area contributed by atoms with E-state index in [1.807, 2.05) is 6.92 Å². The Balaban J connectivity index is 1.91. The molecule has 0 aliphatic rings. The molecule has 118 valence electrons. The molecule has 0 bridgehead atoms. The predicted molar refractivity (Wildman–Crippen MR) is 82.3 cm³/mol. The van der Waals surface area contributed by atoms with Crippen LogP contribution in [0.1, 0.15) is 24.2 Å². The fourth-order valence-corrected chi connectivity index (χ4v) is 2.13. The van der Waals surface area contributed by atoms with Gasteiger partial charge in [-0.15, -0.1) is 0 Å². The van der Waals surface area contributed by atoms with Crippen LogP contribution >= 0.6 is 0 Å². The molecule has 5 heteroatoms. The summed E-state index contributed by atoms with van der Waals surface area (Å²) < 4.78 is 18.2. The number of phenols is 1. The molecule has 0 saturated heterocycles. The van der Waals surface area contributed by atoms with Crippen LogP contribution in [0.2, 0.25) is 0 Å². The molecule has 3 N–H and O–H groups in total. The van der Waals surface area contributed by atoms with Crippen LogP contribution in [0.25, 0.3) is 0 Å². The Morgan fingerprint density at radius 2 is 1.91 bits per heavy atom. The average Bonchev–Trinajstić information content (AvgIpc) is 2.51. The maximum Gasteiger partial charge on any atom is 0.162 e. The van der Waals surface area contributed by atoms with Crippen molar-refractivity contribution < 1.29 is 19.3 Å². The lowest BCUT2D eigenvalue weighted by Crippen LogP contribution is -2.21. The first-order valence-electron chi connectivity index (χ1n) is 7.19. The Morgan fingerprint density at radius 3 is 2.59 bits per heavy atom. The molecule has 0 fully saturated rings. The molecule has 0 amide bonds. The van der Waals surface area contributed by atoms with Crippen LogP contribution in [0.4, 0.5) is 4.39 Å². The molecule has 0 spiro atoms. The third-order valence-electron chi connectivity index (χ3n) is 3.29. The number of halogens is 1. The summed E-state index contributed by atoms with van der Waals surface area (Å²) >= 11 is 0. The molecule has 1 unspecified atom stereocenters. The summed E-state index contributed by atoms with van der Waals surface area (Å²) in [6.45, 7) is 3.02. The number of rotatable bonds is 7. The molecule has 2 rings (SSSR count). The molecule has 0 radical (unpaired) electrons. The van der Waals surface area contributed by atoms with Gasteiger partial charge in [0.05, 0.1) is 12.7 Å². The van der Waals surface area contributed by atoms with Gasteiger partial charge >= 0.3 is 0 Å². The molecule has 4 nitrogen and oxygen atoms in total. The largest absolute Gasteiger partial charge is 0.504 e. The van der Waals surface area contributed by atoms with E-state index in [-0.39, 0.29) is 11.6 Å². The SMILES string of the molecule is CCOc1cccc(CNCC(O)c2ccc(F)cc2)c1O. The minimum atomic E-state index is -0.738. The Hall–Kier alpha value is -2.11. The van der Waals surface area contributed by atoms with Gasteiger partial charge in [-0.25, -0.2) is 4.39 Å². The first-order chi connectivity index (χ1) is 10.6. The van der Waals surface area contributed by atoms with Crippen molar-refractivity contribution in [2.24, 2.45) is 0 Å². The lowest BCUT2D eigenvalue weighted by Gasteiger charge is -2.14. The number of ether oxygens (including phenoxy) is 1. The Bertz CT molecular complexity index is 601. The van der Waals surface area contributed by atoms with Gasteiger partial charge in [0.25, 0.3) is 0 Å². The van der Waals surface area contributed by atoms with E-state index in [0.29, 0.717) is 36.6 Å². The number of nitrogens with one attached hydrogen (secondary N) is 1. The van der Waals surface area contributed by atoms with Crippen LogP contribution in [0.5, 0.6) is 11.5 Å². The number of para-hydroxylation sites is 1. The minimum Gasteiger partial charge on any atom is -0.504 e. The van der Waals surface area contributed by atoms with Gasteiger partial charge in [-0.1, -0.05) is 24.3 Å². The molecule has 22 heavy (non-hydrogen) atoms. The van der Waals surface area contributed by atoms with Gasteiger partial charge in [-0.05, 0) is 30.7 Å². The monoisotopic (exact) mass is 305 g/mol. The molecular formula is C17H20FNO3. The fourth-order valence-electron chi connectivity index (χ4n) is 2.13. The maximum atomic E-state index is 12.8. The van der Waals surface area contributed by atoms with E-state index in [1.165, 1.54) is 12.1 Å². The lowest BCUT2D eigenvalue weighted by molar-refractivity contribution is 0.174. The predicted octanol–water partition coefficient (Wildman–Crippen LogP) is 2.75. The van der Waals surface area contributed by atoms with Gasteiger partial charge in [-0.2, -0.15) is 0 Å². The zero-order valence-electron chi connectivity index (χ0n) is 12.4. The normalized spacial score (nSPS) is 12.1. The Morgan fingerprint density at radius 1 is 1.18 bits per heavy atom. The molecule has 1 atom stereocenters. The fraction of sp³-hybridized carbons (Fsp3) is 0.294. The van der Waals surface area contributed by atoms with Gasteiger partial charge in [0.2, 0.25) is 0 Å². The van der Waals surface area contributed by atoms with Crippen LogP contribution < -0.4 is 10.1 Å². The second-order valence-electron chi connectivity index (χ2n) is 4.90. The molecular weight excluding hydrogens is 285 g/mol. The first kappa shape index (κ1) is 16.3. The second kappa shape index (κ2) is 7.77. The highest BCUT2D eigenvalue weighted by molar-refractivity contribution is 5.45. The highest BCUT2D eigenvalue weighted by Gasteiger charge is 2.10. The van der Waals surface area contributed by atoms with Gasteiger partial charge in [0, 0.05) is 18.7 Å². The summed E-state index contributed by atoms with van der Waals surface area (Å²) in [6, 6.07) is 11.0. The van der Waals surface area contributed by atoms with E-state index in [9.17, 15) is 14.6 Å². The minimum absolute atomic E-state index is 0.105. The van der Waals surface area contributed by atoms with Crippen LogP contribution in [0.3, 0.4) is 0 Å². The first-order valence-corrected chi connectivity index (χ1v) is 7.19. The van der Waals surface area contributed by atoms with Crippen molar-refractivity contribution in [3.05, 3.63) is 59.4 Å². The Labute approximate surface area is 129 Å². The topological polar surface area (TPSA) is 61.7 Å². The van der Waals surface area contributed by atoms with Crippen molar-refractivity contribution in [2.45, 2.75) is 19.6 Å². The van der Waals surface area contributed by atoms with Crippen LogP contribution in [0, 0.1) is 5.82 Å². The number of hydrogen-bond donors (Lipinski definition) is 3. The summed E-state index contributed by atoms with van der Waals surface area (Å²) in [5.41, 5.74) is 1.33. The standard InChI is InChI=1S/C17H20FNO3/c1-2-22-16-5-3-4-13(17(16)21)10-19-11-15(20)12-6-8-14(18)9-7-12/h3-9,15,19-21H,2,10-11H2,1H3. The molecule has 0 aromatic heterocycles. The highest BCUT2D eigenvalue weighted by atomic mass is 19.1. The molecule has 2 aromatic rings. The maximum absolute atomic E-state index is 12.8. The van der Waals surface area contributed by atoms with E-state index in [2.05, 4.69) is 5.32 Å². The average molecular weight is 305 g/mol. The number of aliphatic hydroxyl groups is 1. The lowest BCUT2D eigenvalue weighted by atomic mass is 10.1. The van der Waals surface area contributed by atoms with Crippen LogP contribution in [-0.4, -0.2) is 23.4 Å². The van der Waals surface area contributed by atoms with Gasteiger partial charge < -0.3 is 20.3 Å². The highest BCUT2D eigenvalue weighted by Crippen LogP contribution is 2.29. The van der Waals surface area contributed by atoms with Gasteiger partial charge in [0.15, 0.2) is 11.5 Å². The van der Waals surface area contributed by atoms with Crippen LogP contribution in [-0.2, 0) is 6.54 Å². The number of phenolic OH excluding ortho intramolecular Hbond substituents is 1. The van der Waals surface area contributed by atoms with Crippen LogP contribution in [0.15, 0.2) is 42.5 Å². The van der Waals surface area contributed by atoms with E-state index >= 15 is 0 Å². The summed E-state index contributed by atoms with van der Waals surface area (Å²) in [5, 5.41) is 23.2. The second-order valence-corrected chi connectivity index (χ2v) is 4.90. The van der Waals surface area contributed by atoms with E-state index < -0.39 is 6.10 Å². The number of aliphatic hydroxyl groups excluding tert-OH is 1. The quantitative estimate of drug-likeness (QED) is 0.736. The summed E-state index contributed by atoms with van der Waals surface area (Å²) in [7, 11) is 0. The molecule has 0 aliphatic carbocycles. The number of benzene rings is 2. The molecule has 2 aromatic carbocycles. The third-order valence-corrected chi connectivity index (χ3v) is 3.29. The number of aromatic hydroxyl groups is 1. The molecule has 0 heterocycles. The van der Waals surface area contributed by atoms with E-state index in [1.54, 1.807) is 30.3 Å². The van der Waals surface area contributed by atoms with E-state index in [0.717, 1.165) is 0 Å². The molecule has 0 saturated carbocycles. The smallest absolute Gasteiger partial charge is 0.162 e. The van der Waals surface area contributed by atoms with Gasteiger partial charge in [-0.3, -0.25) is 0 Å². The Kier molecular flexibility index (Phi) is 5.75.